The molecule has 22 heavy (non-hydrogen) atoms. The first-order valence-electron chi connectivity index (χ1n) is 7.59. The second-order valence-corrected chi connectivity index (χ2v) is 7.26. The van der Waals surface area contributed by atoms with E-state index in [1.165, 1.54) is 5.56 Å². The number of nitrogens with zero attached hydrogens (tertiary/aromatic N) is 1. The van der Waals surface area contributed by atoms with Crippen LogP contribution < -0.4 is 0 Å². The van der Waals surface area contributed by atoms with Crippen molar-refractivity contribution in [2.75, 3.05) is 20.1 Å². The highest BCUT2D eigenvalue weighted by molar-refractivity contribution is 6.30. The van der Waals surface area contributed by atoms with E-state index < -0.39 is 5.60 Å². The molecule has 2 aromatic rings. The van der Waals surface area contributed by atoms with E-state index in [1.807, 2.05) is 36.4 Å². The molecule has 1 fully saturated rings. The van der Waals surface area contributed by atoms with E-state index >= 15 is 0 Å². The third-order valence-electron chi connectivity index (χ3n) is 4.82. The lowest BCUT2D eigenvalue weighted by atomic mass is 9.62. The van der Waals surface area contributed by atoms with Crippen molar-refractivity contribution in [2.45, 2.75) is 19.4 Å². The molecule has 0 amide bonds. The Bertz CT molecular complexity index is 676. The summed E-state index contributed by atoms with van der Waals surface area (Å²) in [7, 11) is 2.08. The summed E-state index contributed by atoms with van der Waals surface area (Å²) in [5.74, 6) is 0. The second kappa shape index (κ2) is 5.38. The maximum atomic E-state index is 11.8. The fraction of sp³-hybridized carbons (Fsp3) is 0.368. The Hall–Kier alpha value is -1.35. The minimum absolute atomic E-state index is 0.234. The average molecular weight is 316 g/mol. The molecule has 1 N–H and O–H groups in total. The van der Waals surface area contributed by atoms with Gasteiger partial charge in [0.25, 0.3) is 0 Å². The van der Waals surface area contributed by atoms with Crippen molar-refractivity contribution >= 4 is 11.6 Å². The van der Waals surface area contributed by atoms with Gasteiger partial charge >= 0.3 is 0 Å². The summed E-state index contributed by atoms with van der Waals surface area (Å²) >= 11 is 6.18. The van der Waals surface area contributed by atoms with Crippen LogP contribution in [0.4, 0.5) is 0 Å². The molecule has 0 spiro atoms. The number of aryl methyl sites for hydroxylation is 1. The highest BCUT2D eigenvalue weighted by Gasteiger charge is 2.55. The molecule has 0 radical (unpaired) electrons. The first-order chi connectivity index (χ1) is 10.3. The van der Waals surface area contributed by atoms with E-state index in [-0.39, 0.29) is 5.41 Å². The summed E-state index contributed by atoms with van der Waals surface area (Å²) in [6, 6.07) is 15.8. The molecule has 116 valence electrons. The normalized spacial score (nSPS) is 20.2. The average Bonchev–Trinajstić information content (AvgIpc) is 2.45. The Kier molecular flexibility index (Phi) is 3.80. The third kappa shape index (κ3) is 2.36. The molecule has 1 atom stereocenters. The highest BCUT2D eigenvalue weighted by Crippen LogP contribution is 2.50. The van der Waals surface area contributed by atoms with Gasteiger partial charge in [-0.3, -0.25) is 0 Å². The lowest BCUT2D eigenvalue weighted by Gasteiger charge is -2.56. The maximum Gasteiger partial charge on any atom is 0.122 e. The Morgan fingerprint density at radius 1 is 1.09 bits per heavy atom. The summed E-state index contributed by atoms with van der Waals surface area (Å²) in [4.78, 5) is 2.23. The predicted molar refractivity (Wildman–Crippen MR) is 91.2 cm³/mol. The van der Waals surface area contributed by atoms with E-state index in [0.29, 0.717) is 5.02 Å². The zero-order valence-electron chi connectivity index (χ0n) is 13.3. The monoisotopic (exact) mass is 315 g/mol. The molecular weight excluding hydrogens is 294 g/mol. The summed E-state index contributed by atoms with van der Waals surface area (Å²) in [6.45, 7) is 5.91. The van der Waals surface area contributed by atoms with E-state index in [4.69, 9.17) is 11.6 Å². The van der Waals surface area contributed by atoms with Gasteiger partial charge in [0, 0.05) is 23.5 Å². The molecule has 0 unspecified atom stereocenters. The molecule has 1 saturated heterocycles. The standard InChI is InChI=1S/C19H22ClNO/c1-14-7-9-15(10-8-14)19(22,18(2)12-21(3)13-18)16-5-4-6-17(20)11-16/h4-11,22H,12-13H2,1-3H3/t19-/m1/s1. The van der Waals surface area contributed by atoms with Crippen LogP contribution in [0.25, 0.3) is 0 Å². The Balaban J connectivity index is 2.16. The summed E-state index contributed by atoms with van der Waals surface area (Å²) in [6.07, 6.45) is 0. The van der Waals surface area contributed by atoms with Crippen molar-refractivity contribution < 1.29 is 5.11 Å². The van der Waals surface area contributed by atoms with Crippen molar-refractivity contribution in [2.24, 2.45) is 5.41 Å². The number of aliphatic hydroxyl groups is 1. The molecule has 3 rings (SSSR count). The molecule has 1 heterocycles. The van der Waals surface area contributed by atoms with Crippen LogP contribution in [0, 0.1) is 12.3 Å². The summed E-state index contributed by atoms with van der Waals surface area (Å²) in [5.41, 5.74) is 1.70. The van der Waals surface area contributed by atoms with E-state index in [2.05, 4.69) is 37.9 Å². The van der Waals surface area contributed by atoms with Crippen LogP contribution in [0.5, 0.6) is 0 Å². The lowest BCUT2D eigenvalue weighted by Crippen LogP contribution is -2.63. The van der Waals surface area contributed by atoms with Gasteiger partial charge in [0.1, 0.15) is 5.60 Å². The van der Waals surface area contributed by atoms with Crippen molar-refractivity contribution in [3.05, 3.63) is 70.2 Å². The number of rotatable bonds is 3. The van der Waals surface area contributed by atoms with E-state index in [9.17, 15) is 5.11 Å². The molecule has 0 aliphatic carbocycles. The Morgan fingerprint density at radius 2 is 1.73 bits per heavy atom. The molecule has 1 aliphatic heterocycles. The number of benzene rings is 2. The Labute approximate surface area is 137 Å². The van der Waals surface area contributed by atoms with Crippen molar-refractivity contribution in [3.8, 4) is 0 Å². The smallest absolute Gasteiger partial charge is 0.122 e. The molecule has 0 saturated carbocycles. The minimum atomic E-state index is -1.04. The molecule has 1 aliphatic rings. The van der Waals surface area contributed by atoms with Crippen LogP contribution in [0.15, 0.2) is 48.5 Å². The largest absolute Gasteiger partial charge is 0.380 e. The maximum absolute atomic E-state index is 11.8. The lowest BCUT2D eigenvalue weighted by molar-refractivity contribution is -0.127. The molecular formula is C19H22ClNO. The molecule has 3 heteroatoms. The predicted octanol–water partition coefficient (Wildman–Crippen LogP) is 3.84. The van der Waals surface area contributed by atoms with Crippen LogP contribution in [0.3, 0.4) is 0 Å². The number of likely N-dealkylation sites (tertiary alicyclic amines) is 1. The van der Waals surface area contributed by atoms with Gasteiger partial charge in [-0.1, -0.05) is 60.5 Å². The molecule has 2 aromatic carbocycles. The quantitative estimate of drug-likeness (QED) is 0.930. The fourth-order valence-electron chi connectivity index (χ4n) is 3.75. The van der Waals surface area contributed by atoms with Crippen LogP contribution in [-0.2, 0) is 5.60 Å². The minimum Gasteiger partial charge on any atom is -0.380 e. The van der Waals surface area contributed by atoms with Gasteiger partial charge in [-0.05, 0) is 37.2 Å². The first-order valence-corrected chi connectivity index (χ1v) is 7.97. The number of hydrogen-bond acceptors (Lipinski definition) is 2. The SMILES string of the molecule is Cc1ccc([C@@](O)(c2cccc(Cl)c2)C2(C)CN(C)C2)cc1. The number of hydrogen-bond donors (Lipinski definition) is 1. The van der Waals surface area contributed by atoms with Crippen LogP contribution >= 0.6 is 11.6 Å². The van der Waals surface area contributed by atoms with Crippen molar-refractivity contribution in [3.63, 3.8) is 0 Å². The zero-order valence-corrected chi connectivity index (χ0v) is 14.1. The van der Waals surface area contributed by atoms with Gasteiger partial charge in [0.15, 0.2) is 0 Å². The fourth-order valence-corrected chi connectivity index (χ4v) is 3.94. The van der Waals surface area contributed by atoms with Gasteiger partial charge in [0.2, 0.25) is 0 Å². The summed E-state index contributed by atoms with van der Waals surface area (Å²) < 4.78 is 0. The molecule has 2 nitrogen and oxygen atoms in total. The summed E-state index contributed by atoms with van der Waals surface area (Å²) in [5, 5.41) is 12.4. The van der Waals surface area contributed by atoms with E-state index in [0.717, 1.165) is 24.2 Å². The molecule has 0 aromatic heterocycles. The Morgan fingerprint density at radius 3 is 2.27 bits per heavy atom. The van der Waals surface area contributed by atoms with Crippen LogP contribution in [0.1, 0.15) is 23.6 Å². The highest BCUT2D eigenvalue weighted by atomic mass is 35.5. The van der Waals surface area contributed by atoms with Crippen LogP contribution in [-0.4, -0.2) is 30.1 Å². The van der Waals surface area contributed by atoms with Crippen molar-refractivity contribution in [1.29, 1.82) is 0 Å². The molecule has 0 bridgehead atoms. The van der Waals surface area contributed by atoms with Gasteiger partial charge < -0.3 is 10.0 Å². The topological polar surface area (TPSA) is 23.5 Å². The van der Waals surface area contributed by atoms with E-state index in [1.54, 1.807) is 0 Å². The van der Waals surface area contributed by atoms with Crippen molar-refractivity contribution in [1.82, 2.24) is 4.90 Å². The first kappa shape index (κ1) is 15.5. The van der Waals surface area contributed by atoms with Crippen LogP contribution in [0.2, 0.25) is 5.02 Å². The third-order valence-corrected chi connectivity index (χ3v) is 5.06. The second-order valence-electron chi connectivity index (χ2n) is 6.82. The van der Waals surface area contributed by atoms with Gasteiger partial charge in [-0.25, -0.2) is 0 Å². The van der Waals surface area contributed by atoms with Gasteiger partial charge in [-0.15, -0.1) is 0 Å². The van der Waals surface area contributed by atoms with Gasteiger partial charge in [0.05, 0.1) is 0 Å². The van der Waals surface area contributed by atoms with Gasteiger partial charge in [-0.2, -0.15) is 0 Å². The zero-order chi connectivity index (χ0) is 16.0. The number of halogens is 1.